The van der Waals surface area contributed by atoms with E-state index < -0.39 is 12.1 Å². The third kappa shape index (κ3) is 4.62. The largest absolute Gasteiger partial charge is 0.353 e. The van der Waals surface area contributed by atoms with Gasteiger partial charge in [0.2, 0.25) is 5.91 Å². The first-order chi connectivity index (χ1) is 9.75. The van der Waals surface area contributed by atoms with Gasteiger partial charge in [-0.3, -0.25) is 4.79 Å². The molecule has 1 amide bonds. The van der Waals surface area contributed by atoms with Crippen molar-refractivity contribution in [2.24, 2.45) is 0 Å². The average Bonchev–Trinajstić information content (AvgIpc) is 2.84. The van der Waals surface area contributed by atoms with E-state index in [-0.39, 0.29) is 30.6 Å². The van der Waals surface area contributed by atoms with Crippen molar-refractivity contribution in [3.63, 3.8) is 0 Å². The highest BCUT2D eigenvalue weighted by Gasteiger charge is 2.55. The van der Waals surface area contributed by atoms with E-state index in [1.165, 1.54) is 0 Å². The summed E-state index contributed by atoms with van der Waals surface area (Å²) < 4.78 is 22.5. The van der Waals surface area contributed by atoms with Crippen LogP contribution >= 0.6 is 0 Å². The fourth-order valence-corrected chi connectivity index (χ4v) is 2.35. The summed E-state index contributed by atoms with van der Waals surface area (Å²) in [7, 11) is 8.75. The van der Waals surface area contributed by atoms with E-state index in [2.05, 4.69) is 5.32 Å². The molecule has 21 heavy (non-hydrogen) atoms. The van der Waals surface area contributed by atoms with Crippen LogP contribution in [0, 0.1) is 0 Å². The summed E-state index contributed by atoms with van der Waals surface area (Å²) in [5.74, 6) is -0.654. The topological polar surface area (TPSA) is 69.3 Å². The first kappa shape index (κ1) is 18.3. The number of hydrogen-bond acceptors (Lipinski definition) is 6. The number of nitrogens with one attached hydrogen (secondary N) is 1. The Morgan fingerprint density at radius 2 is 1.76 bits per heavy atom. The van der Waals surface area contributed by atoms with E-state index in [1.54, 1.807) is 26.1 Å². The molecule has 0 bridgehead atoms. The highest BCUT2D eigenvalue weighted by molar-refractivity contribution is 5.76. The van der Waals surface area contributed by atoms with Crippen LogP contribution in [0.1, 0.15) is 20.3 Å². The van der Waals surface area contributed by atoms with Crippen molar-refractivity contribution in [2.45, 2.75) is 50.7 Å². The minimum Gasteiger partial charge on any atom is -0.353 e. The summed E-state index contributed by atoms with van der Waals surface area (Å²) in [6, 6.07) is 0. The molecular weight excluding hydrogens is 276 g/mol. The van der Waals surface area contributed by atoms with Gasteiger partial charge in [-0.2, -0.15) is 0 Å². The van der Waals surface area contributed by atoms with E-state index >= 15 is 0 Å². The highest BCUT2D eigenvalue weighted by Crippen LogP contribution is 2.39. The molecular formula is C14H28N2O5. The van der Waals surface area contributed by atoms with Gasteiger partial charge in [-0.25, -0.2) is 0 Å². The van der Waals surface area contributed by atoms with E-state index in [0.29, 0.717) is 0 Å². The third-order valence-corrected chi connectivity index (χ3v) is 3.21. The van der Waals surface area contributed by atoms with Gasteiger partial charge in [0.1, 0.15) is 12.2 Å². The second-order valence-electron chi connectivity index (χ2n) is 5.84. The van der Waals surface area contributed by atoms with E-state index in [4.69, 9.17) is 18.9 Å². The Morgan fingerprint density at radius 3 is 2.24 bits per heavy atom. The molecule has 0 aliphatic carbocycles. The minimum atomic E-state index is -0.657. The second kappa shape index (κ2) is 7.51. The van der Waals surface area contributed by atoms with Crippen molar-refractivity contribution >= 4 is 5.91 Å². The van der Waals surface area contributed by atoms with Gasteiger partial charge >= 0.3 is 0 Å². The predicted molar refractivity (Wildman–Crippen MR) is 77.8 cm³/mol. The Bertz CT molecular complexity index is 348. The smallest absolute Gasteiger partial charge is 0.224 e. The van der Waals surface area contributed by atoms with Crippen LogP contribution in [-0.2, 0) is 23.7 Å². The number of fused-ring (bicyclic) bond motifs is 1. The Labute approximate surface area is 126 Å². The van der Waals surface area contributed by atoms with Crippen molar-refractivity contribution in [3.8, 4) is 0 Å². The van der Waals surface area contributed by atoms with Gasteiger partial charge in [-0.05, 0) is 27.9 Å². The van der Waals surface area contributed by atoms with E-state index in [9.17, 15) is 4.79 Å². The van der Waals surface area contributed by atoms with Gasteiger partial charge in [0.15, 0.2) is 12.1 Å². The lowest BCUT2D eigenvalue weighted by atomic mass is 10.1. The van der Waals surface area contributed by atoms with Crippen LogP contribution in [0.4, 0.5) is 0 Å². The van der Waals surface area contributed by atoms with Gasteiger partial charge in [-0.15, -0.1) is 0 Å². The molecule has 2 heterocycles. The number of methoxy groups -OCH3 is 1. The highest BCUT2D eigenvalue weighted by atomic mass is 16.8. The molecule has 2 fully saturated rings. The molecule has 0 aromatic rings. The van der Waals surface area contributed by atoms with Crippen molar-refractivity contribution in [1.29, 1.82) is 0 Å². The SMILES string of the molecule is CNC.COC1O[C@H](CC(=O)N(C)C)[C@H]2OC(C)(C)O[C@@H]12. The van der Waals surface area contributed by atoms with Gasteiger partial charge in [0, 0.05) is 21.2 Å². The number of carbonyl (C=O) groups excluding carboxylic acids is 1. The Balaban J connectivity index is 0.000000677. The lowest BCUT2D eigenvalue weighted by Crippen LogP contribution is -2.34. The maximum Gasteiger partial charge on any atom is 0.224 e. The number of amides is 1. The number of nitrogens with zero attached hydrogens (tertiary/aromatic N) is 1. The Hall–Kier alpha value is -0.730. The van der Waals surface area contributed by atoms with Crippen LogP contribution in [-0.4, -0.2) is 76.5 Å². The van der Waals surface area contributed by atoms with Gasteiger partial charge in [-0.1, -0.05) is 0 Å². The molecule has 2 aliphatic heterocycles. The predicted octanol–water partition coefficient (Wildman–Crippen LogP) is 0.192. The molecule has 124 valence electrons. The molecule has 7 heteroatoms. The summed E-state index contributed by atoms with van der Waals surface area (Å²) in [6.45, 7) is 3.70. The molecule has 0 spiro atoms. The normalized spacial score (nSPS) is 33.1. The standard InChI is InChI=1S/C12H21NO5.C2H7N/c1-12(2)17-9-7(6-8(14)13(3)4)16-11(15-5)10(9)18-12;1-3-2/h7,9-11H,6H2,1-5H3;3H,1-2H3/t7-,9-,10-,11?;/m1./s1. The van der Waals surface area contributed by atoms with Crippen molar-refractivity contribution in [1.82, 2.24) is 10.2 Å². The number of carbonyl (C=O) groups is 1. The summed E-state index contributed by atoms with van der Waals surface area (Å²) in [4.78, 5) is 13.3. The van der Waals surface area contributed by atoms with Gasteiger partial charge in [0.05, 0.1) is 12.5 Å². The lowest BCUT2D eigenvalue weighted by Gasteiger charge is -2.23. The molecule has 0 aromatic carbocycles. The quantitative estimate of drug-likeness (QED) is 0.803. The first-order valence-corrected chi connectivity index (χ1v) is 7.08. The molecule has 4 atom stereocenters. The van der Waals surface area contributed by atoms with Gasteiger partial charge < -0.3 is 29.2 Å². The molecule has 2 rings (SSSR count). The number of ether oxygens (including phenoxy) is 4. The molecule has 1 N–H and O–H groups in total. The van der Waals surface area contributed by atoms with Crippen molar-refractivity contribution < 1.29 is 23.7 Å². The first-order valence-electron chi connectivity index (χ1n) is 7.08. The van der Waals surface area contributed by atoms with Crippen LogP contribution in [0.2, 0.25) is 0 Å². The minimum absolute atomic E-state index is 0.00353. The van der Waals surface area contributed by atoms with Gasteiger partial charge in [0.25, 0.3) is 0 Å². The molecule has 2 saturated heterocycles. The molecule has 2 aliphatic rings. The molecule has 1 unspecified atom stereocenters. The lowest BCUT2D eigenvalue weighted by molar-refractivity contribution is -0.227. The molecule has 7 nitrogen and oxygen atoms in total. The van der Waals surface area contributed by atoms with Crippen molar-refractivity contribution in [3.05, 3.63) is 0 Å². The van der Waals surface area contributed by atoms with Crippen LogP contribution in [0.5, 0.6) is 0 Å². The summed E-state index contributed by atoms with van der Waals surface area (Å²) in [5.41, 5.74) is 0. The zero-order valence-electron chi connectivity index (χ0n) is 14.0. The maximum atomic E-state index is 11.8. The van der Waals surface area contributed by atoms with E-state index in [1.807, 2.05) is 27.9 Å². The fourth-order valence-electron chi connectivity index (χ4n) is 2.35. The maximum absolute atomic E-state index is 11.8. The number of hydrogen-bond donors (Lipinski definition) is 1. The van der Waals surface area contributed by atoms with Crippen LogP contribution in [0.15, 0.2) is 0 Å². The summed E-state index contributed by atoms with van der Waals surface area (Å²) in [6.07, 6.45) is -1.06. The third-order valence-electron chi connectivity index (χ3n) is 3.21. The molecule has 0 radical (unpaired) electrons. The summed E-state index contributed by atoms with van der Waals surface area (Å²) in [5, 5.41) is 2.75. The second-order valence-corrected chi connectivity index (χ2v) is 5.84. The van der Waals surface area contributed by atoms with Crippen LogP contribution in [0.25, 0.3) is 0 Å². The zero-order chi connectivity index (χ0) is 16.2. The Kier molecular flexibility index (Phi) is 6.55. The zero-order valence-corrected chi connectivity index (χ0v) is 14.0. The monoisotopic (exact) mass is 304 g/mol. The summed E-state index contributed by atoms with van der Waals surface area (Å²) >= 11 is 0. The van der Waals surface area contributed by atoms with Crippen LogP contribution < -0.4 is 5.32 Å². The van der Waals surface area contributed by atoms with Crippen molar-refractivity contribution in [2.75, 3.05) is 35.3 Å². The fraction of sp³-hybridized carbons (Fsp3) is 0.929. The molecule has 0 saturated carbocycles. The van der Waals surface area contributed by atoms with Crippen LogP contribution in [0.3, 0.4) is 0 Å². The molecule has 0 aromatic heterocycles. The van der Waals surface area contributed by atoms with E-state index in [0.717, 1.165) is 0 Å². The number of rotatable bonds is 3. The average molecular weight is 304 g/mol. The Morgan fingerprint density at radius 1 is 1.24 bits per heavy atom.